The lowest BCUT2D eigenvalue weighted by Gasteiger charge is -2.30. The normalized spacial score (nSPS) is 22.5. The molecule has 0 aromatic carbocycles. The van der Waals surface area contributed by atoms with Crippen LogP contribution in [0, 0.1) is 5.92 Å². The molecule has 0 bridgehead atoms. The standard InChI is InChI=1S/C14H23N3O3S2/c1-10(18)16-9-12-6-7-14(21-12)22(19,20)17-13-5-3-2-4-11(13)8-15/h6-7,11,13,17H,2-5,8-9,15H2,1H3,(H,16,18). The molecule has 22 heavy (non-hydrogen) atoms. The third-order valence-electron chi connectivity index (χ3n) is 3.93. The first-order chi connectivity index (χ1) is 10.4. The number of amides is 1. The van der Waals surface area contributed by atoms with E-state index in [1.54, 1.807) is 12.1 Å². The monoisotopic (exact) mass is 345 g/mol. The van der Waals surface area contributed by atoms with E-state index in [-0.39, 0.29) is 22.1 Å². The Bertz CT molecular complexity index is 613. The van der Waals surface area contributed by atoms with Gasteiger partial charge in [-0.25, -0.2) is 13.1 Å². The van der Waals surface area contributed by atoms with Gasteiger partial charge in [-0.05, 0) is 37.4 Å². The molecule has 1 amide bonds. The van der Waals surface area contributed by atoms with Crippen molar-refractivity contribution >= 4 is 27.3 Å². The Morgan fingerprint density at radius 1 is 1.36 bits per heavy atom. The van der Waals surface area contributed by atoms with E-state index in [4.69, 9.17) is 5.73 Å². The number of carbonyl (C=O) groups excluding carboxylic acids is 1. The van der Waals surface area contributed by atoms with Gasteiger partial charge in [0.15, 0.2) is 0 Å². The molecule has 1 fully saturated rings. The molecule has 8 heteroatoms. The highest BCUT2D eigenvalue weighted by molar-refractivity contribution is 7.91. The third-order valence-corrected chi connectivity index (χ3v) is 7.00. The number of sulfonamides is 1. The predicted molar refractivity (Wildman–Crippen MR) is 87.0 cm³/mol. The van der Waals surface area contributed by atoms with E-state index in [1.165, 1.54) is 18.3 Å². The zero-order valence-corrected chi connectivity index (χ0v) is 14.3. The molecular weight excluding hydrogens is 322 g/mol. The zero-order valence-electron chi connectivity index (χ0n) is 12.7. The Morgan fingerprint density at radius 2 is 2.09 bits per heavy atom. The van der Waals surface area contributed by atoms with Gasteiger partial charge < -0.3 is 11.1 Å². The molecule has 124 valence electrons. The van der Waals surface area contributed by atoms with Crippen molar-refractivity contribution in [1.29, 1.82) is 0 Å². The lowest BCUT2D eigenvalue weighted by atomic mass is 9.85. The molecule has 2 atom stereocenters. The summed E-state index contributed by atoms with van der Waals surface area (Å²) in [6.07, 6.45) is 3.95. The maximum atomic E-state index is 12.5. The number of thiophene rings is 1. The molecule has 4 N–H and O–H groups in total. The predicted octanol–water partition coefficient (Wildman–Crippen LogP) is 1.18. The number of nitrogens with one attached hydrogen (secondary N) is 2. The maximum absolute atomic E-state index is 12.5. The van der Waals surface area contributed by atoms with E-state index < -0.39 is 10.0 Å². The largest absolute Gasteiger partial charge is 0.351 e. The molecule has 6 nitrogen and oxygen atoms in total. The van der Waals surface area contributed by atoms with Gasteiger partial charge in [-0.15, -0.1) is 11.3 Å². The first-order valence-electron chi connectivity index (χ1n) is 7.48. The summed E-state index contributed by atoms with van der Waals surface area (Å²) in [5.41, 5.74) is 5.75. The van der Waals surface area contributed by atoms with Gasteiger partial charge in [-0.1, -0.05) is 12.8 Å². The van der Waals surface area contributed by atoms with Crippen LogP contribution in [0.1, 0.15) is 37.5 Å². The summed E-state index contributed by atoms with van der Waals surface area (Å²) < 4.78 is 28.1. The molecule has 1 aliphatic carbocycles. The summed E-state index contributed by atoms with van der Waals surface area (Å²) >= 11 is 1.18. The third kappa shape index (κ3) is 4.52. The van der Waals surface area contributed by atoms with Gasteiger partial charge in [0, 0.05) is 17.8 Å². The van der Waals surface area contributed by atoms with Crippen LogP contribution in [0.5, 0.6) is 0 Å². The van der Waals surface area contributed by atoms with Gasteiger partial charge >= 0.3 is 0 Å². The topological polar surface area (TPSA) is 101 Å². The maximum Gasteiger partial charge on any atom is 0.250 e. The van der Waals surface area contributed by atoms with Crippen molar-refractivity contribution in [1.82, 2.24) is 10.0 Å². The Morgan fingerprint density at radius 3 is 2.77 bits per heavy atom. The van der Waals surface area contributed by atoms with Crippen LogP contribution >= 0.6 is 11.3 Å². The highest BCUT2D eigenvalue weighted by Gasteiger charge is 2.29. The first kappa shape index (κ1) is 17.4. The molecule has 0 radical (unpaired) electrons. The van der Waals surface area contributed by atoms with Crippen molar-refractivity contribution in [2.24, 2.45) is 11.7 Å². The van der Waals surface area contributed by atoms with E-state index >= 15 is 0 Å². The fourth-order valence-electron chi connectivity index (χ4n) is 2.71. The molecule has 1 saturated carbocycles. The van der Waals surface area contributed by atoms with Crippen molar-refractivity contribution in [2.45, 2.75) is 49.4 Å². The van der Waals surface area contributed by atoms with Crippen LogP contribution in [-0.4, -0.2) is 26.9 Å². The van der Waals surface area contributed by atoms with Gasteiger partial charge in [0.2, 0.25) is 15.9 Å². The Labute approximate surface area is 135 Å². The number of nitrogens with two attached hydrogens (primary N) is 1. The van der Waals surface area contributed by atoms with Crippen LogP contribution in [0.2, 0.25) is 0 Å². The van der Waals surface area contributed by atoms with Crippen molar-refractivity contribution in [2.75, 3.05) is 6.54 Å². The van der Waals surface area contributed by atoms with Crippen molar-refractivity contribution in [3.05, 3.63) is 17.0 Å². The second-order valence-corrected chi connectivity index (χ2v) is 8.75. The van der Waals surface area contributed by atoms with Crippen molar-refractivity contribution < 1.29 is 13.2 Å². The SMILES string of the molecule is CC(=O)NCc1ccc(S(=O)(=O)NC2CCCCC2CN)s1. The highest BCUT2D eigenvalue weighted by Crippen LogP contribution is 2.27. The van der Waals surface area contributed by atoms with Gasteiger partial charge in [-0.2, -0.15) is 0 Å². The summed E-state index contributed by atoms with van der Waals surface area (Å²) in [5.74, 6) is 0.0752. The van der Waals surface area contributed by atoms with E-state index in [9.17, 15) is 13.2 Å². The summed E-state index contributed by atoms with van der Waals surface area (Å²) in [6, 6.07) is 3.24. The fourth-order valence-corrected chi connectivity index (χ4v) is 5.36. The summed E-state index contributed by atoms with van der Waals surface area (Å²) in [4.78, 5) is 11.7. The molecule has 2 rings (SSSR count). The molecule has 1 heterocycles. The Balaban J connectivity index is 2.04. The second kappa shape index (κ2) is 7.54. The summed E-state index contributed by atoms with van der Waals surface area (Å²) in [5, 5.41) is 2.66. The minimum Gasteiger partial charge on any atom is -0.351 e. The van der Waals surface area contributed by atoms with Crippen molar-refractivity contribution in [3.63, 3.8) is 0 Å². The number of carbonyl (C=O) groups is 1. The van der Waals surface area contributed by atoms with E-state index in [0.29, 0.717) is 13.1 Å². The van der Waals surface area contributed by atoms with Crippen LogP contribution in [0.15, 0.2) is 16.3 Å². The van der Waals surface area contributed by atoms with Gasteiger partial charge in [0.05, 0.1) is 6.54 Å². The molecule has 0 aliphatic heterocycles. The minimum atomic E-state index is -3.52. The van der Waals surface area contributed by atoms with Crippen LogP contribution < -0.4 is 15.8 Å². The van der Waals surface area contributed by atoms with Crippen LogP contribution in [0.3, 0.4) is 0 Å². The van der Waals surface area contributed by atoms with Gasteiger partial charge in [0.25, 0.3) is 0 Å². The summed E-state index contributed by atoms with van der Waals surface area (Å²) in [7, 11) is -3.52. The van der Waals surface area contributed by atoms with Crippen LogP contribution in [-0.2, 0) is 21.4 Å². The number of hydrogen-bond donors (Lipinski definition) is 3. The average molecular weight is 345 g/mol. The molecule has 1 aliphatic rings. The molecular formula is C14H23N3O3S2. The first-order valence-corrected chi connectivity index (χ1v) is 9.78. The quantitative estimate of drug-likeness (QED) is 0.720. The highest BCUT2D eigenvalue weighted by atomic mass is 32.2. The van der Waals surface area contributed by atoms with E-state index in [2.05, 4.69) is 10.0 Å². The fraction of sp³-hybridized carbons (Fsp3) is 0.643. The number of rotatable bonds is 6. The number of hydrogen-bond acceptors (Lipinski definition) is 5. The molecule has 0 spiro atoms. The van der Waals surface area contributed by atoms with Gasteiger partial charge in [0.1, 0.15) is 4.21 Å². The average Bonchev–Trinajstić information content (AvgIpc) is 2.95. The summed E-state index contributed by atoms with van der Waals surface area (Å²) in [6.45, 7) is 2.29. The lowest BCUT2D eigenvalue weighted by Crippen LogP contribution is -2.44. The Hall–Kier alpha value is -0.960. The molecule has 1 aromatic heterocycles. The Kier molecular flexibility index (Phi) is 5.96. The molecule has 1 aromatic rings. The zero-order chi connectivity index (χ0) is 16.2. The molecule has 0 saturated heterocycles. The lowest BCUT2D eigenvalue weighted by molar-refractivity contribution is -0.119. The smallest absolute Gasteiger partial charge is 0.250 e. The molecule has 2 unspecified atom stereocenters. The van der Waals surface area contributed by atoms with Crippen LogP contribution in [0.25, 0.3) is 0 Å². The second-order valence-electron chi connectivity index (χ2n) is 5.64. The van der Waals surface area contributed by atoms with Crippen molar-refractivity contribution in [3.8, 4) is 0 Å². The van der Waals surface area contributed by atoms with E-state index in [1.807, 2.05) is 0 Å². The minimum absolute atomic E-state index is 0.0790. The van der Waals surface area contributed by atoms with Gasteiger partial charge in [-0.3, -0.25) is 4.79 Å². The van der Waals surface area contributed by atoms with E-state index in [0.717, 1.165) is 30.6 Å². The van der Waals surface area contributed by atoms with Crippen LogP contribution in [0.4, 0.5) is 0 Å².